The Balaban J connectivity index is 3.11. The van der Waals surface area contributed by atoms with Crippen LogP contribution in [0, 0.1) is 28.5 Å². The van der Waals surface area contributed by atoms with E-state index in [4.69, 9.17) is 15.6 Å². The van der Waals surface area contributed by atoms with Gasteiger partial charge in [-0.2, -0.15) is 10.5 Å². The van der Waals surface area contributed by atoms with E-state index in [2.05, 4.69) is 5.32 Å². The smallest absolute Gasteiger partial charge is 0.337 e. The molecule has 0 spiro atoms. The van der Waals surface area contributed by atoms with Gasteiger partial charge in [0.25, 0.3) is 0 Å². The number of hydrogen-bond donors (Lipinski definition) is 2. The average Bonchev–Trinajstić information content (AvgIpc) is 2.30. The molecule has 17 heavy (non-hydrogen) atoms. The number of benzene rings is 1. The van der Waals surface area contributed by atoms with Gasteiger partial charge in [0, 0.05) is 6.20 Å². The lowest BCUT2D eigenvalue weighted by Gasteiger charge is -2.05. The van der Waals surface area contributed by atoms with E-state index in [9.17, 15) is 9.18 Å². The predicted molar refractivity (Wildman–Crippen MR) is 56.3 cm³/mol. The third kappa shape index (κ3) is 3.05. The van der Waals surface area contributed by atoms with E-state index in [1.165, 1.54) is 0 Å². The molecule has 0 saturated heterocycles. The Morgan fingerprint density at radius 1 is 1.41 bits per heavy atom. The largest absolute Gasteiger partial charge is 0.478 e. The van der Waals surface area contributed by atoms with Gasteiger partial charge in [-0.3, -0.25) is 0 Å². The molecule has 0 unspecified atom stereocenters. The van der Waals surface area contributed by atoms with Gasteiger partial charge >= 0.3 is 5.97 Å². The summed E-state index contributed by atoms with van der Waals surface area (Å²) in [6, 6.07) is 6.23. The molecule has 0 aromatic heterocycles. The van der Waals surface area contributed by atoms with Crippen molar-refractivity contribution in [3.05, 3.63) is 41.4 Å². The van der Waals surface area contributed by atoms with Crippen LogP contribution >= 0.6 is 0 Å². The first-order chi connectivity index (χ1) is 8.08. The third-order valence-electron chi connectivity index (χ3n) is 1.82. The highest BCUT2D eigenvalue weighted by Crippen LogP contribution is 2.17. The molecule has 0 aliphatic heterocycles. The van der Waals surface area contributed by atoms with E-state index in [1.54, 1.807) is 12.1 Å². The van der Waals surface area contributed by atoms with Crippen LogP contribution < -0.4 is 5.32 Å². The molecular formula is C11H6FN3O2. The summed E-state index contributed by atoms with van der Waals surface area (Å²) in [4.78, 5) is 10.8. The average molecular weight is 231 g/mol. The molecule has 0 bridgehead atoms. The minimum absolute atomic E-state index is 0.0273. The lowest BCUT2D eigenvalue weighted by molar-refractivity contribution is 0.0698. The van der Waals surface area contributed by atoms with Gasteiger partial charge in [-0.1, -0.05) is 0 Å². The van der Waals surface area contributed by atoms with Crippen molar-refractivity contribution in [2.45, 2.75) is 0 Å². The van der Waals surface area contributed by atoms with Crippen LogP contribution in [0.2, 0.25) is 0 Å². The SMILES string of the molecule is N#CC(C#N)=CNc1cc(F)ccc1C(=O)O. The quantitative estimate of drug-likeness (QED) is 0.774. The summed E-state index contributed by atoms with van der Waals surface area (Å²) in [5.41, 5.74) is -0.427. The van der Waals surface area contributed by atoms with E-state index in [0.29, 0.717) is 0 Å². The molecule has 1 aromatic rings. The molecule has 0 aliphatic carbocycles. The summed E-state index contributed by atoms with van der Waals surface area (Å²) < 4.78 is 12.9. The topological polar surface area (TPSA) is 96.9 Å². The maximum atomic E-state index is 12.9. The fourth-order valence-electron chi connectivity index (χ4n) is 1.06. The molecule has 1 rings (SSSR count). The van der Waals surface area contributed by atoms with E-state index in [-0.39, 0.29) is 16.8 Å². The Morgan fingerprint density at radius 2 is 2.06 bits per heavy atom. The van der Waals surface area contributed by atoms with Gasteiger partial charge in [0.15, 0.2) is 0 Å². The van der Waals surface area contributed by atoms with Crippen LogP contribution in [0.5, 0.6) is 0 Å². The number of aromatic carboxylic acids is 1. The molecule has 0 aliphatic rings. The highest BCUT2D eigenvalue weighted by molar-refractivity contribution is 5.94. The van der Waals surface area contributed by atoms with Crippen molar-refractivity contribution in [2.24, 2.45) is 0 Å². The van der Waals surface area contributed by atoms with Crippen LogP contribution in [0.3, 0.4) is 0 Å². The summed E-state index contributed by atoms with van der Waals surface area (Å²) in [6.07, 6.45) is 1.02. The standard InChI is InChI=1S/C11H6FN3O2/c12-8-1-2-9(11(16)17)10(3-8)15-6-7(4-13)5-14/h1-3,6,15H,(H,16,17). The number of rotatable bonds is 3. The number of allylic oxidation sites excluding steroid dienone is 1. The molecule has 0 amide bonds. The van der Waals surface area contributed by atoms with Crippen LogP contribution in [-0.4, -0.2) is 11.1 Å². The summed E-state index contributed by atoms with van der Waals surface area (Å²) in [5.74, 6) is -1.86. The number of nitrogens with zero attached hydrogens (tertiary/aromatic N) is 2. The second kappa shape index (κ2) is 5.29. The normalized spacial score (nSPS) is 8.65. The van der Waals surface area contributed by atoms with Gasteiger partial charge in [-0.25, -0.2) is 9.18 Å². The maximum Gasteiger partial charge on any atom is 0.337 e. The highest BCUT2D eigenvalue weighted by Gasteiger charge is 2.10. The number of halogens is 1. The van der Waals surface area contributed by atoms with Crippen LogP contribution in [0.25, 0.3) is 0 Å². The Morgan fingerprint density at radius 3 is 2.59 bits per heavy atom. The van der Waals surface area contributed by atoms with Crippen molar-refractivity contribution in [3.63, 3.8) is 0 Å². The first kappa shape index (κ1) is 12.2. The molecule has 1 aromatic carbocycles. The van der Waals surface area contributed by atoms with Crippen molar-refractivity contribution < 1.29 is 14.3 Å². The molecule has 0 atom stereocenters. The van der Waals surface area contributed by atoms with Gasteiger partial charge in [0.2, 0.25) is 0 Å². The van der Waals surface area contributed by atoms with E-state index in [1.807, 2.05) is 0 Å². The number of hydrogen-bond acceptors (Lipinski definition) is 4. The minimum atomic E-state index is -1.24. The molecular weight excluding hydrogens is 225 g/mol. The zero-order valence-electron chi connectivity index (χ0n) is 8.44. The molecule has 0 fully saturated rings. The summed E-state index contributed by atoms with van der Waals surface area (Å²) in [5, 5.41) is 28.2. The first-order valence-corrected chi connectivity index (χ1v) is 4.38. The van der Waals surface area contributed by atoms with Gasteiger partial charge in [-0.05, 0) is 18.2 Å². The lowest BCUT2D eigenvalue weighted by atomic mass is 10.1. The van der Waals surface area contributed by atoms with Crippen LogP contribution in [0.4, 0.5) is 10.1 Å². The number of carboxylic acids is 1. The van der Waals surface area contributed by atoms with Crippen LogP contribution in [-0.2, 0) is 0 Å². The fraction of sp³-hybridized carbons (Fsp3) is 0. The van der Waals surface area contributed by atoms with E-state index < -0.39 is 11.8 Å². The van der Waals surface area contributed by atoms with Crippen LogP contribution in [0.15, 0.2) is 30.0 Å². The predicted octanol–water partition coefficient (Wildman–Crippen LogP) is 1.87. The van der Waals surface area contributed by atoms with Crippen molar-refractivity contribution in [3.8, 4) is 12.1 Å². The second-order valence-corrected chi connectivity index (χ2v) is 2.92. The molecule has 5 nitrogen and oxygen atoms in total. The number of nitriles is 2. The van der Waals surface area contributed by atoms with Gasteiger partial charge in [0.05, 0.1) is 11.3 Å². The monoisotopic (exact) mass is 231 g/mol. The Bertz CT molecular complexity index is 551. The molecule has 0 heterocycles. The molecule has 0 saturated carbocycles. The lowest BCUT2D eigenvalue weighted by Crippen LogP contribution is -2.03. The van der Waals surface area contributed by atoms with E-state index in [0.717, 1.165) is 24.4 Å². The zero-order chi connectivity index (χ0) is 12.8. The highest BCUT2D eigenvalue weighted by atomic mass is 19.1. The minimum Gasteiger partial charge on any atom is -0.478 e. The first-order valence-electron chi connectivity index (χ1n) is 4.38. The number of nitrogens with one attached hydrogen (secondary N) is 1. The van der Waals surface area contributed by atoms with Gasteiger partial charge in [-0.15, -0.1) is 0 Å². The van der Waals surface area contributed by atoms with Crippen LogP contribution in [0.1, 0.15) is 10.4 Å². The third-order valence-corrected chi connectivity index (χ3v) is 1.82. The maximum absolute atomic E-state index is 12.9. The Labute approximate surface area is 96.0 Å². The Kier molecular flexibility index (Phi) is 3.80. The summed E-state index contributed by atoms with van der Waals surface area (Å²) in [7, 11) is 0. The summed E-state index contributed by atoms with van der Waals surface area (Å²) >= 11 is 0. The Hall–Kier alpha value is -2.86. The summed E-state index contributed by atoms with van der Waals surface area (Å²) in [6.45, 7) is 0. The number of carbonyl (C=O) groups is 1. The molecule has 2 N–H and O–H groups in total. The van der Waals surface area contributed by atoms with Crippen molar-refractivity contribution >= 4 is 11.7 Å². The van der Waals surface area contributed by atoms with Gasteiger partial charge < -0.3 is 10.4 Å². The second-order valence-electron chi connectivity index (χ2n) is 2.92. The number of carboxylic acid groups (broad SMARTS) is 1. The van der Waals surface area contributed by atoms with Crippen molar-refractivity contribution in [1.82, 2.24) is 0 Å². The molecule has 6 heteroatoms. The zero-order valence-corrected chi connectivity index (χ0v) is 8.44. The fourth-order valence-corrected chi connectivity index (χ4v) is 1.06. The van der Waals surface area contributed by atoms with E-state index >= 15 is 0 Å². The molecule has 0 radical (unpaired) electrons. The number of anilines is 1. The van der Waals surface area contributed by atoms with Gasteiger partial charge in [0.1, 0.15) is 23.5 Å². The van der Waals surface area contributed by atoms with Crippen molar-refractivity contribution in [2.75, 3.05) is 5.32 Å². The van der Waals surface area contributed by atoms with Crippen molar-refractivity contribution in [1.29, 1.82) is 10.5 Å². The molecule has 84 valence electrons.